The highest BCUT2D eigenvalue weighted by molar-refractivity contribution is 5.91. The number of furan rings is 1. The highest BCUT2D eigenvalue weighted by Gasteiger charge is 2.19. The number of hydrogen-bond acceptors (Lipinski definition) is 3. The molecule has 94 valence electrons. The fourth-order valence-corrected chi connectivity index (χ4v) is 2.27. The summed E-state index contributed by atoms with van der Waals surface area (Å²) >= 11 is 0. The first kappa shape index (κ1) is 12.2. The lowest BCUT2D eigenvalue weighted by Gasteiger charge is -2.25. The molecule has 3 N–H and O–H groups in total. The number of aryl methyl sites for hydroxylation is 1. The lowest BCUT2D eigenvalue weighted by Crippen LogP contribution is -2.34. The van der Waals surface area contributed by atoms with Crippen molar-refractivity contribution in [2.45, 2.75) is 38.6 Å². The van der Waals surface area contributed by atoms with Crippen molar-refractivity contribution in [3.63, 3.8) is 0 Å². The molecule has 0 unspecified atom stereocenters. The Bertz CT molecular complexity index is 379. The van der Waals surface area contributed by atoms with Gasteiger partial charge in [-0.1, -0.05) is 0 Å². The Balaban J connectivity index is 1.76. The van der Waals surface area contributed by atoms with Gasteiger partial charge in [-0.2, -0.15) is 0 Å². The van der Waals surface area contributed by atoms with Crippen LogP contribution in [-0.4, -0.2) is 18.5 Å². The fraction of sp³-hybridized carbons (Fsp3) is 0.615. The van der Waals surface area contributed by atoms with E-state index in [9.17, 15) is 4.79 Å². The first-order chi connectivity index (χ1) is 8.15. The largest absolute Gasteiger partial charge is 0.456 e. The molecule has 1 saturated carbocycles. The van der Waals surface area contributed by atoms with Gasteiger partial charge < -0.3 is 15.5 Å². The molecule has 1 amide bonds. The molecule has 17 heavy (non-hydrogen) atoms. The van der Waals surface area contributed by atoms with E-state index in [0.717, 1.165) is 38.0 Å². The molecule has 0 aromatic carbocycles. The van der Waals surface area contributed by atoms with E-state index in [2.05, 4.69) is 5.32 Å². The Hall–Kier alpha value is -1.29. The first-order valence-electron chi connectivity index (χ1n) is 6.25. The Morgan fingerprint density at radius 2 is 2.12 bits per heavy atom. The standard InChI is InChI=1S/C13H20N2O2/c1-9-2-7-12(17-9)13(16)15-8-10-3-5-11(14)6-4-10/h2,7,10-11H,3-6,8,14H2,1H3,(H,15,16). The van der Waals surface area contributed by atoms with Crippen LogP contribution in [0.5, 0.6) is 0 Å². The zero-order valence-corrected chi connectivity index (χ0v) is 10.2. The van der Waals surface area contributed by atoms with Gasteiger partial charge in [-0.05, 0) is 50.7 Å². The van der Waals surface area contributed by atoms with Gasteiger partial charge in [0, 0.05) is 12.6 Å². The maximum Gasteiger partial charge on any atom is 0.287 e. The summed E-state index contributed by atoms with van der Waals surface area (Å²) in [6, 6.07) is 3.87. The molecule has 1 fully saturated rings. The molecule has 2 rings (SSSR count). The van der Waals surface area contributed by atoms with E-state index >= 15 is 0 Å². The number of nitrogens with two attached hydrogens (primary N) is 1. The number of hydrogen-bond donors (Lipinski definition) is 2. The molecule has 1 aromatic rings. The summed E-state index contributed by atoms with van der Waals surface area (Å²) in [6.07, 6.45) is 4.36. The van der Waals surface area contributed by atoms with E-state index < -0.39 is 0 Å². The Labute approximate surface area is 102 Å². The molecule has 0 spiro atoms. The van der Waals surface area contributed by atoms with Crippen LogP contribution in [0.2, 0.25) is 0 Å². The molecule has 0 aliphatic heterocycles. The number of rotatable bonds is 3. The third kappa shape index (κ3) is 3.33. The minimum atomic E-state index is -0.118. The van der Waals surface area contributed by atoms with Gasteiger partial charge in [0.1, 0.15) is 5.76 Å². The maximum absolute atomic E-state index is 11.7. The van der Waals surface area contributed by atoms with E-state index in [-0.39, 0.29) is 5.91 Å². The van der Waals surface area contributed by atoms with Gasteiger partial charge in [-0.3, -0.25) is 4.79 Å². The highest BCUT2D eigenvalue weighted by Crippen LogP contribution is 2.22. The van der Waals surface area contributed by atoms with Gasteiger partial charge in [0.15, 0.2) is 5.76 Å². The molecule has 0 bridgehead atoms. The predicted octanol–water partition coefficient (Wildman–Crippen LogP) is 1.84. The van der Waals surface area contributed by atoms with E-state index in [4.69, 9.17) is 10.2 Å². The van der Waals surface area contributed by atoms with E-state index in [0.29, 0.717) is 17.7 Å². The second kappa shape index (κ2) is 5.36. The molecule has 1 aliphatic rings. The van der Waals surface area contributed by atoms with Crippen molar-refractivity contribution in [3.8, 4) is 0 Å². The van der Waals surface area contributed by atoms with Gasteiger partial charge in [0.2, 0.25) is 0 Å². The minimum absolute atomic E-state index is 0.118. The molecule has 4 heteroatoms. The lowest BCUT2D eigenvalue weighted by molar-refractivity contribution is 0.0914. The molecule has 0 radical (unpaired) electrons. The maximum atomic E-state index is 11.7. The van der Waals surface area contributed by atoms with E-state index in [1.807, 2.05) is 6.92 Å². The van der Waals surface area contributed by atoms with Crippen LogP contribution in [0.25, 0.3) is 0 Å². The minimum Gasteiger partial charge on any atom is -0.456 e. The average molecular weight is 236 g/mol. The zero-order valence-electron chi connectivity index (χ0n) is 10.2. The third-order valence-electron chi connectivity index (χ3n) is 3.41. The Kier molecular flexibility index (Phi) is 3.84. The summed E-state index contributed by atoms with van der Waals surface area (Å²) in [5, 5.41) is 2.92. The summed E-state index contributed by atoms with van der Waals surface area (Å²) < 4.78 is 5.27. The number of carbonyl (C=O) groups is 1. The Morgan fingerprint density at radius 3 is 2.71 bits per heavy atom. The quantitative estimate of drug-likeness (QED) is 0.841. The predicted molar refractivity (Wildman–Crippen MR) is 65.7 cm³/mol. The third-order valence-corrected chi connectivity index (χ3v) is 3.41. The summed E-state index contributed by atoms with van der Waals surface area (Å²) in [7, 11) is 0. The van der Waals surface area contributed by atoms with Crippen LogP contribution >= 0.6 is 0 Å². The van der Waals surface area contributed by atoms with Crippen molar-refractivity contribution in [2.24, 2.45) is 11.7 Å². The molecule has 0 saturated heterocycles. The van der Waals surface area contributed by atoms with Crippen LogP contribution in [0.3, 0.4) is 0 Å². The SMILES string of the molecule is Cc1ccc(C(=O)NCC2CCC(N)CC2)o1. The molecule has 1 aromatic heterocycles. The highest BCUT2D eigenvalue weighted by atomic mass is 16.3. The number of carbonyl (C=O) groups excluding carboxylic acids is 1. The van der Waals surface area contributed by atoms with Crippen LogP contribution in [-0.2, 0) is 0 Å². The van der Waals surface area contributed by atoms with Gasteiger partial charge in [-0.15, -0.1) is 0 Å². The Morgan fingerprint density at radius 1 is 1.41 bits per heavy atom. The number of nitrogens with one attached hydrogen (secondary N) is 1. The number of amides is 1. The lowest BCUT2D eigenvalue weighted by atomic mass is 9.86. The molecule has 0 atom stereocenters. The first-order valence-corrected chi connectivity index (χ1v) is 6.25. The summed E-state index contributed by atoms with van der Waals surface area (Å²) in [4.78, 5) is 11.7. The summed E-state index contributed by atoms with van der Waals surface area (Å²) in [5.74, 6) is 1.61. The molecule has 1 heterocycles. The smallest absolute Gasteiger partial charge is 0.287 e. The molecular formula is C13H20N2O2. The fourth-order valence-electron chi connectivity index (χ4n) is 2.27. The zero-order chi connectivity index (χ0) is 12.3. The van der Waals surface area contributed by atoms with Gasteiger partial charge in [-0.25, -0.2) is 0 Å². The normalized spacial score (nSPS) is 24.6. The topological polar surface area (TPSA) is 68.3 Å². The molecule has 1 aliphatic carbocycles. The van der Waals surface area contributed by atoms with Crippen LogP contribution in [0, 0.1) is 12.8 Å². The van der Waals surface area contributed by atoms with Crippen LogP contribution in [0.15, 0.2) is 16.5 Å². The van der Waals surface area contributed by atoms with Crippen molar-refractivity contribution in [2.75, 3.05) is 6.54 Å². The average Bonchev–Trinajstić information content (AvgIpc) is 2.75. The van der Waals surface area contributed by atoms with Crippen molar-refractivity contribution in [1.29, 1.82) is 0 Å². The van der Waals surface area contributed by atoms with Crippen molar-refractivity contribution in [1.82, 2.24) is 5.32 Å². The second-order valence-corrected chi connectivity index (χ2v) is 4.90. The van der Waals surface area contributed by atoms with E-state index in [1.165, 1.54) is 0 Å². The molecule has 4 nitrogen and oxygen atoms in total. The van der Waals surface area contributed by atoms with Crippen molar-refractivity contribution >= 4 is 5.91 Å². The van der Waals surface area contributed by atoms with Gasteiger partial charge >= 0.3 is 0 Å². The summed E-state index contributed by atoms with van der Waals surface area (Å²) in [6.45, 7) is 2.56. The van der Waals surface area contributed by atoms with Crippen LogP contribution < -0.4 is 11.1 Å². The summed E-state index contributed by atoms with van der Waals surface area (Å²) in [5.41, 5.74) is 5.84. The van der Waals surface area contributed by atoms with Crippen molar-refractivity contribution in [3.05, 3.63) is 23.7 Å². The second-order valence-electron chi connectivity index (χ2n) is 4.90. The van der Waals surface area contributed by atoms with Crippen LogP contribution in [0.4, 0.5) is 0 Å². The van der Waals surface area contributed by atoms with E-state index in [1.54, 1.807) is 12.1 Å². The van der Waals surface area contributed by atoms with Gasteiger partial charge in [0.25, 0.3) is 5.91 Å². The molecular weight excluding hydrogens is 216 g/mol. The monoisotopic (exact) mass is 236 g/mol. The van der Waals surface area contributed by atoms with Crippen LogP contribution in [0.1, 0.15) is 42.0 Å². The van der Waals surface area contributed by atoms with Crippen molar-refractivity contribution < 1.29 is 9.21 Å². The van der Waals surface area contributed by atoms with Gasteiger partial charge in [0.05, 0.1) is 0 Å².